The number of ketones is 1. The highest BCUT2D eigenvalue weighted by molar-refractivity contribution is 9.10. The molecule has 0 aliphatic heterocycles. The Hall–Kier alpha value is -1.44. The molecule has 0 N–H and O–H groups in total. The first-order chi connectivity index (χ1) is 13.2. The van der Waals surface area contributed by atoms with Crippen LogP contribution in [0.25, 0.3) is 0 Å². The molecule has 140 valence electrons. The zero-order valence-corrected chi connectivity index (χ0v) is 18.0. The molecule has 3 aromatic rings. The number of hydrogen-bond donors (Lipinski definition) is 0. The minimum atomic E-state index is 0.199. The second kappa shape index (κ2) is 8.71. The third-order valence-electron chi connectivity index (χ3n) is 4.51. The highest BCUT2D eigenvalue weighted by Gasteiger charge is 2.29. The monoisotopic (exact) mass is 461 g/mol. The van der Waals surface area contributed by atoms with Gasteiger partial charge in [0.25, 0.3) is 0 Å². The molecule has 0 spiro atoms. The summed E-state index contributed by atoms with van der Waals surface area (Å²) in [5, 5.41) is 12.0. The van der Waals surface area contributed by atoms with Crippen molar-refractivity contribution < 1.29 is 4.79 Å². The Bertz CT molecular complexity index is 902. The van der Waals surface area contributed by atoms with E-state index in [0.29, 0.717) is 12.5 Å². The van der Waals surface area contributed by atoms with E-state index in [1.807, 2.05) is 24.3 Å². The molecule has 4 nitrogen and oxygen atoms in total. The van der Waals surface area contributed by atoms with Crippen LogP contribution in [-0.4, -0.2) is 26.3 Å². The van der Waals surface area contributed by atoms with Gasteiger partial charge in [-0.25, -0.2) is 0 Å². The fourth-order valence-corrected chi connectivity index (χ4v) is 4.90. The van der Waals surface area contributed by atoms with E-state index in [9.17, 15) is 4.79 Å². The first-order valence-corrected chi connectivity index (χ1v) is 11.7. The molecule has 4 rings (SSSR count). The summed E-state index contributed by atoms with van der Waals surface area (Å²) in [5.74, 6) is 2.14. The molecule has 0 saturated heterocycles. The maximum atomic E-state index is 12.3. The summed E-state index contributed by atoms with van der Waals surface area (Å²) >= 11 is 6.88. The summed E-state index contributed by atoms with van der Waals surface area (Å²) in [7, 11) is 0. The molecule has 0 bridgehead atoms. The van der Waals surface area contributed by atoms with Crippen LogP contribution in [0.2, 0.25) is 0 Å². The molecule has 7 heteroatoms. The van der Waals surface area contributed by atoms with Gasteiger partial charge in [-0.05, 0) is 42.8 Å². The Labute approximate surface area is 175 Å². The predicted octanol–water partition coefficient (Wildman–Crippen LogP) is 5.78. The third kappa shape index (κ3) is 4.89. The number of aromatic nitrogens is 3. The van der Waals surface area contributed by atoms with Crippen LogP contribution < -0.4 is 0 Å². The van der Waals surface area contributed by atoms with Crippen LogP contribution in [0.1, 0.15) is 52.8 Å². The summed E-state index contributed by atoms with van der Waals surface area (Å²) in [6.07, 6.45) is 4.69. The van der Waals surface area contributed by atoms with E-state index < -0.39 is 0 Å². The van der Waals surface area contributed by atoms with Crippen molar-refractivity contribution in [2.45, 2.75) is 43.3 Å². The fourth-order valence-electron chi connectivity index (χ4n) is 2.97. The lowest BCUT2D eigenvalue weighted by atomic mass is 10.1. The molecule has 2 aromatic heterocycles. The van der Waals surface area contributed by atoms with Crippen LogP contribution in [0.3, 0.4) is 0 Å². The Morgan fingerprint density at radius 3 is 2.74 bits per heavy atom. The largest absolute Gasteiger partial charge is 0.303 e. The average Bonchev–Trinajstić information content (AvgIpc) is 3.22. The summed E-state index contributed by atoms with van der Waals surface area (Å²) in [6, 6.07) is 12.4. The first-order valence-electron chi connectivity index (χ1n) is 9.08. The van der Waals surface area contributed by atoms with Crippen LogP contribution in [0, 0.1) is 0 Å². The van der Waals surface area contributed by atoms with E-state index in [1.54, 1.807) is 23.1 Å². The number of hydrogen-bond acceptors (Lipinski definition) is 5. The number of nitrogens with zero attached hydrogens (tertiary/aromatic N) is 3. The van der Waals surface area contributed by atoms with Gasteiger partial charge in [-0.3, -0.25) is 4.79 Å². The highest BCUT2D eigenvalue weighted by atomic mass is 79.9. The summed E-state index contributed by atoms with van der Waals surface area (Å²) in [5.41, 5.74) is 0.780. The average molecular weight is 462 g/mol. The quantitative estimate of drug-likeness (QED) is 0.230. The zero-order valence-electron chi connectivity index (χ0n) is 14.8. The van der Waals surface area contributed by atoms with Crippen molar-refractivity contribution in [2.24, 2.45) is 0 Å². The van der Waals surface area contributed by atoms with E-state index in [4.69, 9.17) is 0 Å². The maximum Gasteiger partial charge on any atom is 0.191 e. The Morgan fingerprint density at radius 1 is 1.22 bits per heavy atom. The van der Waals surface area contributed by atoms with Gasteiger partial charge < -0.3 is 4.57 Å². The lowest BCUT2D eigenvalue weighted by Gasteiger charge is -2.08. The van der Waals surface area contributed by atoms with Crippen molar-refractivity contribution in [1.82, 2.24) is 14.8 Å². The summed E-state index contributed by atoms with van der Waals surface area (Å²) < 4.78 is 3.31. The summed E-state index contributed by atoms with van der Waals surface area (Å²) in [4.78, 5) is 13.6. The van der Waals surface area contributed by atoms with Gasteiger partial charge >= 0.3 is 0 Å². The van der Waals surface area contributed by atoms with E-state index in [1.165, 1.54) is 17.7 Å². The first kappa shape index (κ1) is 18.9. The number of rotatable bonds is 9. The normalized spacial score (nSPS) is 13.8. The number of benzene rings is 1. The molecule has 1 fully saturated rings. The van der Waals surface area contributed by atoms with Crippen LogP contribution >= 0.6 is 39.0 Å². The van der Waals surface area contributed by atoms with Crippen LogP contribution in [0.4, 0.5) is 0 Å². The van der Waals surface area contributed by atoms with Crippen LogP contribution in [-0.2, 0) is 6.42 Å². The molecule has 1 aromatic carbocycles. The number of halogens is 1. The fraction of sp³-hybridized carbons (Fsp3) is 0.350. The number of thioether (sulfide) groups is 1. The van der Waals surface area contributed by atoms with E-state index >= 15 is 0 Å². The van der Waals surface area contributed by atoms with Gasteiger partial charge in [0.2, 0.25) is 0 Å². The van der Waals surface area contributed by atoms with Gasteiger partial charge in [-0.1, -0.05) is 45.9 Å². The van der Waals surface area contributed by atoms with Crippen molar-refractivity contribution in [1.29, 1.82) is 0 Å². The molecule has 1 saturated carbocycles. The number of carbonyl (C=O) groups excluding carboxylic acids is 1. The van der Waals surface area contributed by atoms with Crippen molar-refractivity contribution in [3.8, 4) is 0 Å². The zero-order chi connectivity index (χ0) is 18.6. The lowest BCUT2D eigenvalue weighted by molar-refractivity contribution is 0.0982. The van der Waals surface area contributed by atoms with E-state index in [-0.39, 0.29) is 5.78 Å². The van der Waals surface area contributed by atoms with E-state index in [2.05, 4.69) is 48.2 Å². The smallest absolute Gasteiger partial charge is 0.191 e. The standard InChI is InChI=1S/C20H20BrN3OS2/c21-15-7-5-14(6-8-15)18(25)4-2-12-27-20-23-22-19(24(20)16-9-10-16)13-17-3-1-11-26-17/h1,3,5-8,11,16H,2,4,9-10,12-13H2. The Kier molecular flexibility index (Phi) is 6.10. The van der Waals surface area contributed by atoms with E-state index in [0.717, 1.165) is 39.6 Å². The third-order valence-corrected chi connectivity index (χ3v) is 6.94. The SMILES string of the molecule is O=C(CCCSc1nnc(Cc2cccs2)n1C1CC1)c1ccc(Br)cc1. The van der Waals surface area contributed by atoms with Gasteiger partial charge in [-0.15, -0.1) is 21.5 Å². The van der Waals surface area contributed by atoms with Crippen molar-refractivity contribution in [3.63, 3.8) is 0 Å². The topological polar surface area (TPSA) is 47.8 Å². The summed E-state index contributed by atoms with van der Waals surface area (Å²) in [6.45, 7) is 0. The Balaban J connectivity index is 1.32. The van der Waals surface area contributed by atoms with Crippen molar-refractivity contribution >= 4 is 44.8 Å². The lowest BCUT2D eigenvalue weighted by Crippen LogP contribution is -2.04. The molecule has 0 unspecified atom stereocenters. The van der Waals surface area contributed by atoms with Gasteiger partial charge in [-0.2, -0.15) is 0 Å². The molecule has 27 heavy (non-hydrogen) atoms. The second-order valence-corrected chi connectivity index (χ2v) is 9.65. The molecular formula is C20H20BrN3OS2. The highest BCUT2D eigenvalue weighted by Crippen LogP contribution is 2.39. The van der Waals surface area contributed by atoms with Gasteiger partial charge in [0.05, 0.1) is 0 Å². The Morgan fingerprint density at radius 2 is 2.04 bits per heavy atom. The van der Waals surface area contributed by atoms with Crippen LogP contribution in [0.5, 0.6) is 0 Å². The van der Waals surface area contributed by atoms with Gasteiger partial charge in [0.1, 0.15) is 5.82 Å². The predicted molar refractivity (Wildman–Crippen MR) is 114 cm³/mol. The molecule has 1 aliphatic rings. The molecule has 0 radical (unpaired) electrons. The van der Waals surface area contributed by atoms with Gasteiger partial charge in [0, 0.05) is 39.5 Å². The van der Waals surface area contributed by atoms with Crippen LogP contribution in [0.15, 0.2) is 51.4 Å². The number of carbonyl (C=O) groups is 1. The minimum absolute atomic E-state index is 0.199. The van der Waals surface area contributed by atoms with Crippen molar-refractivity contribution in [2.75, 3.05) is 5.75 Å². The maximum absolute atomic E-state index is 12.3. The van der Waals surface area contributed by atoms with Gasteiger partial charge in [0.15, 0.2) is 10.9 Å². The molecule has 0 amide bonds. The number of thiophene rings is 1. The molecular weight excluding hydrogens is 442 g/mol. The number of Topliss-reactive ketones (excluding diaryl/α,β-unsaturated/α-hetero) is 1. The van der Waals surface area contributed by atoms with Crippen molar-refractivity contribution in [3.05, 3.63) is 62.5 Å². The molecule has 1 aliphatic carbocycles. The molecule has 0 atom stereocenters. The molecule has 2 heterocycles. The second-order valence-electron chi connectivity index (χ2n) is 6.64. The minimum Gasteiger partial charge on any atom is -0.303 e.